The van der Waals surface area contributed by atoms with Gasteiger partial charge in [-0.25, -0.2) is 9.78 Å². The number of esters is 1. The Bertz CT molecular complexity index is 1840. The van der Waals surface area contributed by atoms with E-state index in [-0.39, 0.29) is 46.8 Å². The zero-order valence-corrected chi connectivity index (χ0v) is 25.2. The van der Waals surface area contributed by atoms with Crippen molar-refractivity contribution in [3.63, 3.8) is 0 Å². The first-order valence-electron chi connectivity index (χ1n) is 14.0. The Kier molecular flexibility index (Phi) is 6.78. The lowest BCUT2D eigenvalue weighted by Crippen LogP contribution is -2.32. The Hall–Kier alpha value is -4.14. The lowest BCUT2D eigenvalue weighted by atomic mass is 9.85. The number of anilines is 1. The molecule has 2 amide bonds. The number of hydrogen-bond donors (Lipinski definition) is 0. The van der Waals surface area contributed by atoms with Crippen molar-refractivity contribution in [3.05, 3.63) is 106 Å². The zero-order chi connectivity index (χ0) is 30.0. The standard InChI is InChI=1S/C34H24BrClN2O5/c1-17(31(39)19-4-9-23(36)10-5-19)43-34(42)26-16-28(37-27-13-8-22(35)15-25(26)27)18-6-11-24(12-7-18)38-32(40)29-20-2-3-21(14-20)30(29)33(38)41/h2-13,15-17,20-21,29-30H,14H2,1H3/t17-,20-,21-,29-,30-/m0/s1. The molecule has 0 radical (unpaired) electrons. The molecule has 1 saturated heterocycles. The van der Waals surface area contributed by atoms with Crippen LogP contribution in [0, 0.1) is 23.7 Å². The van der Waals surface area contributed by atoms with Gasteiger partial charge in [0.1, 0.15) is 0 Å². The molecule has 3 aromatic carbocycles. The van der Waals surface area contributed by atoms with Gasteiger partial charge in [-0.2, -0.15) is 0 Å². The number of allylic oxidation sites excluding steroid dienone is 2. The van der Waals surface area contributed by atoms with Gasteiger partial charge in [-0.05, 0) is 85.8 Å². The number of benzene rings is 3. The fraction of sp³-hybridized carbons (Fsp3) is 0.206. The summed E-state index contributed by atoms with van der Waals surface area (Å²) in [6.45, 7) is 1.53. The summed E-state index contributed by atoms with van der Waals surface area (Å²) in [5.74, 6) is -1.56. The van der Waals surface area contributed by atoms with E-state index in [1.165, 1.54) is 11.8 Å². The Morgan fingerprint density at radius 1 is 0.930 bits per heavy atom. The number of halogens is 2. The molecule has 7 rings (SSSR count). The third kappa shape index (κ3) is 4.69. The van der Waals surface area contributed by atoms with E-state index >= 15 is 0 Å². The lowest BCUT2D eigenvalue weighted by molar-refractivity contribution is -0.123. The van der Waals surface area contributed by atoms with Crippen molar-refractivity contribution < 1.29 is 23.9 Å². The van der Waals surface area contributed by atoms with Crippen LogP contribution in [0.5, 0.6) is 0 Å². The highest BCUT2D eigenvalue weighted by molar-refractivity contribution is 9.10. The van der Waals surface area contributed by atoms with E-state index in [4.69, 9.17) is 21.3 Å². The van der Waals surface area contributed by atoms with Crippen LogP contribution in [0.25, 0.3) is 22.2 Å². The molecule has 7 nitrogen and oxygen atoms in total. The van der Waals surface area contributed by atoms with Gasteiger partial charge in [-0.15, -0.1) is 0 Å². The average Bonchev–Trinajstić information content (AvgIpc) is 3.70. The molecule has 2 fully saturated rings. The summed E-state index contributed by atoms with van der Waals surface area (Å²) < 4.78 is 6.40. The van der Waals surface area contributed by atoms with E-state index in [9.17, 15) is 19.2 Å². The molecule has 2 heterocycles. The summed E-state index contributed by atoms with van der Waals surface area (Å²) in [5, 5.41) is 1.06. The first-order valence-corrected chi connectivity index (χ1v) is 15.1. The molecule has 1 saturated carbocycles. The molecule has 2 aliphatic carbocycles. The van der Waals surface area contributed by atoms with E-state index in [2.05, 4.69) is 28.1 Å². The summed E-state index contributed by atoms with van der Waals surface area (Å²) >= 11 is 9.40. The molecule has 1 aliphatic heterocycles. The van der Waals surface area contributed by atoms with Gasteiger partial charge in [0.2, 0.25) is 17.6 Å². The van der Waals surface area contributed by atoms with Gasteiger partial charge in [0, 0.05) is 26.0 Å². The number of nitrogens with zero attached hydrogens (tertiary/aromatic N) is 2. The predicted octanol–water partition coefficient (Wildman–Crippen LogP) is 7.06. The predicted molar refractivity (Wildman–Crippen MR) is 166 cm³/mol. The van der Waals surface area contributed by atoms with Crippen LogP contribution in [-0.4, -0.2) is 34.7 Å². The van der Waals surface area contributed by atoms with E-state index in [0.717, 1.165) is 10.9 Å². The summed E-state index contributed by atoms with van der Waals surface area (Å²) in [6, 6.07) is 20.5. The fourth-order valence-corrected chi connectivity index (χ4v) is 7.07. The van der Waals surface area contributed by atoms with E-state index < -0.39 is 12.1 Å². The van der Waals surface area contributed by atoms with E-state index in [0.29, 0.717) is 38.4 Å². The third-order valence-corrected chi connectivity index (χ3v) is 9.41. The number of ketones is 1. The Labute approximate surface area is 260 Å². The maximum absolute atomic E-state index is 13.5. The van der Waals surface area contributed by atoms with Gasteiger partial charge in [0.15, 0.2) is 6.10 Å². The minimum absolute atomic E-state index is 0.138. The van der Waals surface area contributed by atoms with Gasteiger partial charge in [0.05, 0.1) is 34.3 Å². The van der Waals surface area contributed by atoms with Crippen LogP contribution in [0.4, 0.5) is 5.69 Å². The largest absolute Gasteiger partial charge is 0.451 e. The molecule has 2 bridgehead atoms. The Morgan fingerprint density at radius 3 is 2.23 bits per heavy atom. The smallest absolute Gasteiger partial charge is 0.339 e. The normalized spacial score (nSPS) is 22.7. The summed E-state index contributed by atoms with van der Waals surface area (Å²) in [5.41, 5.74) is 2.91. The maximum atomic E-state index is 13.5. The van der Waals surface area contributed by atoms with Gasteiger partial charge >= 0.3 is 5.97 Å². The number of amides is 2. The Morgan fingerprint density at radius 2 is 1.58 bits per heavy atom. The highest BCUT2D eigenvalue weighted by Gasteiger charge is 2.59. The number of rotatable bonds is 6. The van der Waals surface area contributed by atoms with Crippen LogP contribution in [0.3, 0.4) is 0 Å². The SMILES string of the molecule is C[C@H](OC(=O)c1cc(-c2ccc(N3C(=O)[C@@H]4[C@@H](C3=O)[C@H]3C=C[C@H]4C3)cc2)nc2ccc(Br)cc12)C(=O)c1ccc(Cl)cc1. The van der Waals surface area contributed by atoms with Crippen LogP contribution in [-0.2, 0) is 14.3 Å². The van der Waals surface area contributed by atoms with Crippen LogP contribution >= 0.6 is 27.5 Å². The van der Waals surface area contributed by atoms with Crippen LogP contribution < -0.4 is 4.90 Å². The monoisotopic (exact) mass is 654 g/mol. The molecular weight excluding hydrogens is 632 g/mol. The second-order valence-corrected chi connectivity index (χ2v) is 12.5. The average molecular weight is 656 g/mol. The molecule has 4 aromatic rings. The molecule has 0 spiro atoms. The van der Waals surface area contributed by atoms with Crippen molar-refractivity contribution in [1.82, 2.24) is 4.98 Å². The van der Waals surface area contributed by atoms with Gasteiger partial charge in [-0.3, -0.25) is 19.3 Å². The molecule has 9 heteroatoms. The molecule has 5 atom stereocenters. The molecule has 43 heavy (non-hydrogen) atoms. The summed E-state index contributed by atoms with van der Waals surface area (Å²) in [4.78, 5) is 59.0. The topological polar surface area (TPSA) is 93.6 Å². The second-order valence-electron chi connectivity index (χ2n) is 11.2. The van der Waals surface area contributed by atoms with Gasteiger partial charge in [-0.1, -0.05) is 51.8 Å². The quantitative estimate of drug-likeness (QED) is 0.0956. The molecule has 214 valence electrons. The maximum Gasteiger partial charge on any atom is 0.339 e. The zero-order valence-electron chi connectivity index (χ0n) is 22.9. The summed E-state index contributed by atoms with van der Waals surface area (Å²) in [7, 11) is 0. The van der Waals surface area contributed by atoms with Crippen molar-refractivity contribution in [2.75, 3.05) is 4.90 Å². The van der Waals surface area contributed by atoms with Crippen LogP contribution in [0.1, 0.15) is 34.1 Å². The van der Waals surface area contributed by atoms with Crippen molar-refractivity contribution in [3.8, 4) is 11.3 Å². The van der Waals surface area contributed by atoms with Crippen LogP contribution in [0.15, 0.2) is 89.4 Å². The van der Waals surface area contributed by atoms with Gasteiger partial charge in [0.25, 0.3) is 0 Å². The van der Waals surface area contributed by atoms with Crippen molar-refractivity contribution in [2.45, 2.75) is 19.4 Å². The van der Waals surface area contributed by atoms with Crippen molar-refractivity contribution in [2.24, 2.45) is 23.7 Å². The highest BCUT2D eigenvalue weighted by atomic mass is 79.9. The minimum atomic E-state index is -1.03. The first-order chi connectivity index (χ1) is 20.7. The molecule has 1 aromatic heterocycles. The van der Waals surface area contributed by atoms with E-state index in [1.807, 2.05) is 6.07 Å². The molecular formula is C34H24BrClN2O5. The number of imide groups is 1. The number of pyridine rings is 1. The number of fused-ring (bicyclic) bond motifs is 6. The molecule has 3 aliphatic rings. The van der Waals surface area contributed by atoms with E-state index in [1.54, 1.807) is 66.7 Å². The van der Waals surface area contributed by atoms with Gasteiger partial charge < -0.3 is 4.74 Å². The summed E-state index contributed by atoms with van der Waals surface area (Å²) in [6.07, 6.45) is 3.99. The number of Topliss-reactive ketones (excluding diaryl/α,β-unsaturated/α-hetero) is 1. The number of carbonyl (C=O) groups excluding carboxylic acids is 4. The van der Waals surface area contributed by atoms with Crippen molar-refractivity contribution >= 4 is 67.7 Å². The second kappa shape index (κ2) is 10.5. The number of carbonyl (C=O) groups is 4. The van der Waals surface area contributed by atoms with Crippen molar-refractivity contribution in [1.29, 1.82) is 0 Å². The van der Waals surface area contributed by atoms with Crippen LogP contribution in [0.2, 0.25) is 5.02 Å². The Balaban J connectivity index is 1.18. The minimum Gasteiger partial charge on any atom is -0.451 e. The number of hydrogen-bond acceptors (Lipinski definition) is 6. The fourth-order valence-electron chi connectivity index (χ4n) is 6.58. The number of ether oxygens (including phenoxy) is 1. The molecule has 0 N–H and O–H groups in total. The highest BCUT2D eigenvalue weighted by Crippen LogP contribution is 2.53. The number of aromatic nitrogens is 1. The lowest BCUT2D eigenvalue weighted by Gasteiger charge is -2.18. The third-order valence-electron chi connectivity index (χ3n) is 8.66. The first kappa shape index (κ1) is 27.7. The molecule has 0 unspecified atom stereocenters.